The number of esters is 1. The molecule has 0 bridgehead atoms. The van der Waals surface area contributed by atoms with E-state index < -0.39 is 0 Å². The van der Waals surface area contributed by atoms with Crippen molar-refractivity contribution >= 4 is 17.8 Å². The van der Waals surface area contributed by atoms with Crippen molar-refractivity contribution in [3.05, 3.63) is 37.2 Å². The lowest BCUT2D eigenvalue weighted by Crippen LogP contribution is -2.30. The number of carbonyl (C=O) groups excluding carboxylic acids is 3. The van der Waals surface area contributed by atoms with Gasteiger partial charge in [-0.05, 0) is 37.8 Å². The smallest absolute Gasteiger partial charge is 0.305 e. The van der Waals surface area contributed by atoms with Crippen LogP contribution in [0, 0.1) is 13.0 Å². The first-order valence-corrected chi connectivity index (χ1v) is 9.13. The zero-order chi connectivity index (χ0) is 20.6. The van der Waals surface area contributed by atoms with Gasteiger partial charge in [-0.2, -0.15) is 0 Å². The highest BCUT2D eigenvalue weighted by molar-refractivity contribution is 5.78. The fourth-order valence-corrected chi connectivity index (χ4v) is 2.07. The molecule has 1 aromatic carbocycles. The number of para-hydroxylation sites is 2. The number of benzene rings is 1. The van der Waals surface area contributed by atoms with E-state index in [1.165, 1.54) is 7.11 Å². The average molecular weight is 392 g/mol. The molecule has 2 N–H and O–H groups in total. The van der Waals surface area contributed by atoms with Gasteiger partial charge in [-0.15, -0.1) is 0 Å². The van der Waals surface area contributed by atoms with Crippen molar-refractivity contribution < 1.29 is 28.6 Å². The van der Waals surface area contributed by atoms with Crippen LogP contribution in [0.3, 0.4) is 0 Å². The molecule has 1 aromatic rings. The Morgan fingerprint density at radius 3 is 2.25 bits per heavy atom. The molecule has 8 heteroatoms. The largest absolute Gasteiger partial charge is 0.480 e. The molecule has 28 heavy (non-hydrogen) atoms. The number of rotatable bonds is 14. The van der Waals surface area contributed by atoms with Gasteiger partial charge in [0.2, 0.25) is 0 Å². The van der Waals surface area contributed by atoms with Crippen molar-refractivity contribution in [3.63, 3.8) is 0 Å². The number of ether oxygens (including phenoxy) is 3. The van der Waals surface area contributed by atoms with Gasteiger partial charge >= 0.3 is 5.97 Å². The van der Waals surface area contributed by atoms with Crippen molar-refractivity contribution in [1.82, 2.24) is 10.6 Å². The lowest BCUT2D eigenvalue weighted by Gasteiger charge is -2.12. The van der Waals surface area contributed by atoms with Gasteiger partial charge in [-0.1, -0.05) is 19.1 Å². The molecule has 0 atom stereocenters. The highest BCUT2D eigenvalue weighted by atomic mass is 16.5. The summed E-state index contributed by atoms with van der Waals surface area (Å²) in [6.07, 6.45) is 4.40. The van der Waals surface area contributed by atoms with E-state index in [1.54, 1.807) is 30.8 Å². The third-order valence-electron chi connectivity index (χ3n) is 3.54. The molecule has 0 saturated carbocycles. The van der Waals surface area contributed by atoms with Gasteiger partial charge in [0.25, 0.3) is 11.8 Å². The van der Waals surface area contributed by atoms with Crippen LogP contribution in [0.25, 0.3) is 0 Å². The van der Waals surface area contributed by atoms with Crippen molar-refractivity contribution in [2.24, 2.45) is 0 Å². The molecule has 0 fully saturated rings. The van der Waals surface area contributed by atoms with Crippen molar-refractivity contribution in [2.45, 2.75) is 32.6 Å². The van der Waals surface area contributed by atoms with Gasteiger partial charge in [0.1, 0.15) is 0 Å². The van der Waals surface area contributed by atoms with Gasteiger partial charge in [0, 0.05) is 19.5 Å². The maximum atomic E-state index is 11.8. The third-order valence-corrected chi connectivity index (χ3v) is 3.54. The van der Waals surface area contributed by atoms with Crippen LogP contribution in [-0.4, -0.2) is 44.7 Å². The van der Waals surface area contributed by atoms with Crippen molar-refractivity contribution in [2.75, 3.05) is 26.9 Å². The SMILES string of the molecule is C[CH]CC[CH]NC(=O)COc1ccccc1OCC(=O)NCCCC(=O)OC. The van der Waals surface area contributed by atoms with Crippen molar-refractivity contribution in [3.8, 4) is 11.5 Å². The van der Waals surface area contributed by atoms with Crippen LogP contribution < -0.4 is 20.1 Å². The Hall–Kier alpha value is -2.77. The second kappa shape index (κ2) is 14.3. The predicted octanol–water partition coefficient (Wildman–Crippen LogP) is 1.80. The summed E-state index contributed by atoms with van der Waals surface area (Å²) in [4.78, 5) is 34.6. The topological polar surface area (TPSA) is 103 Å². The van der Waals surface area contributed by atoms with E-state index >= 15 is 0 Å². The van der Waals surface area contributed by atoms with E-state index in [4.69, 9.17) is 9.47 Å². The molecule has 0 aromatic heterocycles. The number of methoxy groups -OCH3 is 1. The van der Waals surface area contributed by atoms with E-state index in [0.717, 1.165) is 12.8 Å². The molecule has 2 radical (unpaired) electrons. The molecule has 0 heterocycles. The normalized spacial score (nSPS) is 10.1. The molecule has 2 amide bonds. The standard InChI is InChI=1S/C20H28N2O6/c1-3-4-7-12-21-18(23)14-27-16-9-5-6-10-17(16)28-15-19(24)22-13-8-11-20(25)26-2/h3,5-6,9-10,12H,4,7-8,11,13-15H2,1-2H3,(H,21,23)(H,22,24). The Morgan fingerprint density at radius 2 is 1.64 bits per heavy atom. The van der Waals surface area contributed by atoms with Gasteiger partial charge < -0.3 is 24.8 Å². The first-order valence-electron chi connectivity index (χ1n) is 9.13. The molecule has 8 nitrogen and oxygen atoms in total. The molecule has 0 spiro atoms. The number of unbranched alkanes of at least 4 members (excludes halogenated alkanes) is 2. The molecule has 0 saturated heterocycles. The van der Waals surface area contributed by atoms with Crippen LogP contribution in [0.1, 0.15) is 32.6 Å². The highest BCUT2D eigenvalue weighted by Crippen LogP contribution is 2.26. The molecule has 0 unspecified atom stereocenters. The van der Waals surface area contributed by atoms with Crippen LogP contribution in [0.4, 0.5) is 0 Å². The maximum absolute atomic E-state index is 11.8. The van der Waals surface area contributed by atoms with Gasteiger partial charge in [0.15, 0.2) is 24.7 Å². The first kappa shape index (κ1) is 23.3. The average Bonchev–Trinajstić information content (AvgIpc) is 2.71. The number of hydrogen-bond acceptors (Lipinski definition) is 6. The zero-order valence-corrected chi connectivity index (χ0v) is 16.4. The number of carbonyl (C=O) groups is 3. The minimum absolute atomic E-state index is 0.160. The molecule has 0 aliphatic heterocycles. The molecular formula is C20H28N2O6. The summed E-state index contributed by atoms with van der Waals surface area (Å²) in [5, 5.41) is 5.30. The van der Waals surface area contributed by atoms with E-state index in [9.17, 15) is 14.4 Å². The first-order chi connectivity index (χ1) is 13.6. The fraction of sp³-hybridized carbons (Fsp3) is 0.450. The van der Waals surface area contributed by atoms with Crippen LogP contribution in [0.2, 0.25) is 0 Å². The molecular weight excluding hydrogens is 364 g/mol. The second-order valence-electron chi connectivity index (χ2n) is 5.81. The summed E-state index contributed by atoms with van der Waals surface area (Å²) < 4.78 is 15.5. The summed E-state index contributed by atoms with van der Waals surface area (Å²) in [6, 6.07) is 6.80. The summed E-state index contributed by atoms with van der Waals surface area (Å²) in [5.41, 5.74) is 0. The van der Waals surface area contributed by atoms with Crippen LogP contribution in [0.5, 0.6) is 11.5 Å². The Bertz CT molecular complexity index is 620. The number of hydrogen-bond donors (Lipinski definition) is 2. The second-order valence-corrected chi connectivity index (χ2v) is 5.81. The molecule has 154 valence electrons. The Balaban J connectivity index is 2.33. The Kier molecular flexibility index (Phi) is 11.9. The van der Waals surface area contributed by atoms with Crippen LogP contribution in [0.15, 0.2) is 24.3 Å². The zero-order valence-electron chi connectivity index (χ0n) is 16.4. The highest BCUT2D eigenvalue weighted by Gasteiger charge is 2.10. The minimum atomic E-state index is -0.320. The van der Waals surface area contributed by atoms with Crippen LogP contribution in [-0.2, 0) is 19.1 Å². The van der Waals surface area contributed by atoms with E-state index in [2.05, 4.69) is 15.4 Å². The number of nitrogens with one attached hydrogen (secondary N) is 2. The van der Waals surface area contributed by atoms with Gasteiger partial charge in [0.05, 0.1) is 7.11 Å². The van der Waals surface area contributed by atoms with Gasteiger partial charge in [-0.25, -0.2) is 0 Å². The molecule has 0 aliphatic carbocycles. The quantitative estimate of drug-likeness (QED) is 0.370. The summed E-state index contributed by atoms with van der Waals surface area (Å²) in [5.74, 6) is -0.168. The number of amides is 2. The lowest BCUT2D eigenvalue weighted by molar-refractivity contribution is -0.140. The minimum Gasteiger partial charge on any atom is -0.480 e. The maximum Gasteiger partial charge on any atom is 0.305 e. The lowest BCUT2D eigenvalue weighted by atomic mass is 10.2. The summed E-state index contributed by atoms with van der Waals surface area (Å²) in [6.45, 7) is 3.64. The Labute approximate surface area is 165 Å². The van der Waals surface area contributed by atoms with E-state index in [-0.39, 0.29) is 37.4 Å². The Morgan fingerprint density at radius 1 is 1.00 bits per heavy atom. The summed E-state index contributed by atoms with van der Waals surface area (Å²) in [7, 11) is 1.32. The fourth-order valence-electron chi connectivity index (χ4n) is 2.07. The van der Waals surface area contributed by atoms with E-state index in [1.807, 2.05) is 13.3 Å². The van der Waals surface area contributed by atoms with Crippen molar-refractivity contribution in [1.29, 1.82) is 0 Å². The third kappa shape index (κ3) is 10.4. The van der Waals surface area contributed by atoms with Gasteiger partial charge in [-0.3, -0.25) is 14.4 Å². The van der Waals surface area contributed by atoms with E-state index in [0.29, 0.717) is 24.5 Å². The predicted molar refractivity (Wildman–Crippen MR) is 103 cm³/mol. The molecule has 1 rings (SSSR count). The monoisotopic (exact) mass is 392 g/mol. The summed E-state index contributed by atoms with van der Waals surface area (Å²) >= 11 is 0. The molecule has 0 aliphatic rings. The van der Waals surface area contributed by atoms with Crippen LogP contribution >= 0.6 is 0 Å².